The second kappa shape index (κ2) is 3.13. The summed E-state index contributed by atoms with van der Waals surface area (Å²) >= 11 is 0. The lowest BCUT2D eigenvalue weighted by Crippen LogP contribution is -2.42. The van der Waals surface area contributed by atoms with Crippen molar-refractivity contribution in [3.05, 3.63) is 11.9 Å². The molecule has 5 heteroatoms. The summed E-state index contributed by atoms with van der Waals surface area (Å²) in [5.74, 6) is 0.935. The van der Waals surface area contributed by atoms with Gasteiger partial charge in [-0.15, -0.1) is 5.10 Å². The Labute approximate surface area is 87.8 Å². The van der Waals surface area contributed by atoms with Crippen LogP contribution in [-0.2, 0) is 6.54 Å². The number of ketones is 1. The van der Waals surface area contributed by atoms with E-state index in [1.165, 1.54) is 0 Å². The van der Waals surface area contributed by atoms with E-state index in [0.29, 0.717) is 24.2 Å². The minimum atomic E-state index is 0.175. The van der Waals surface area contributed by atoms with E-state index in [1.54, 1.807) is 10.9 Å². The van der Waals surface area contributed by atoms with Gasteiger partial charge in [0.1, 0.15) is 5.69 Å². The molecule has 1 aromatic heterocycles. The van der Waals surface area contributed by atoms with Gasteiger partial charge in [0, 0.05) is 18.5 Å². The van der Waals surface area contributed by atoms with Gasteiger partial charge < -0.3 is 5.32 Å². The molecule has 3 fully saturated rings. The van der Waals surface area contributed by atoms with E-state index < -0.39 is 0 Å². The van der Waals surface area contributed by atoms with Crippen molar-refractivity contribution in [3.8, 4) is 0 Å². The average molecular weight is 206 g/mol. The summed E-state index contributed by atoms with van der Waals surface area (Å²) in [5, 5.41) is 11.0. The SMILES string of the molecule is CCn1nncc1C(=O)C1C2CNC1C2. The average Bonchev–Trinajstić information content (AvgIpc) is 2.92. The highest BCUT2D eigenvalue weighted by atomic mass is 16.1. The number of Topliss-reactive ketones (excluding diaryl/α,β-unsaturated/α-hetero) is 1. The van der Waals surface area contributed by atoms with E-state index in [2.05, 4.69) is 15.6 Å². The van der Waals surface area contributed by atoms with Gasteiger partial charge in [-0.3, -0.25) is 4.79 Å². The number of nitrogens with zero attached hydrogens (tertiary/aromatic N) is 3. The van der Waals surface area contributed by atoms with Crippen molar-refractivity contribution < 1.29 is 4.79 Å². The molecule has 2 bridgehead atoms. The third-order valence-corrected chi connectivity index (χ3v) is 3.61. The molecule has 3 atom stereocenters. The summed E-state index contributed by atoms with van der Waals surface area (Å²) in [4.78, 5) is 12.2. The largest absolute Gasteiger partial charge is 0.313 e. The maximum absolute atomic E-state index is 12.2. The molecule has 3 heterocycles. The van der Waals surface area contributed by atoms with Crippen LogP contribution in [0.5, 0.6) is 0 Å². The van der Waals surface area contributed by atoms with Crippen LogP contribution in [0.1, 0.15) is 23.8 Å². The number of hydrogen-bond donors (Lipinski definition) is 1. The standard InChI is InChI=1S/C10H14N4O/c1-2-14-8(5-12-13-14)10(15)9-6-3-7(9)11-4-6/h5-7,9,11H,2-4H2,1H3. The Morgan fingerprint density at radius 2 is 2.60 bits per heavy atom. The lowest BCUT2D eigenvalue weighted by atomic mass is 9.71. The fraction of sp³-hybridized carbons (Fsp3) is 0.700. The van der Waals surface area contributed by atoms with Crippen molar-refractivity contribution in [2.75, 3.05) is 6.54 Å². The van der Waals surface area contributed by atoms with E-state index in [-0.39, 0.29) is 11.7 Å². The van der Waals surface area contributed by atoms with Gasteiger partial charge in [-0.25, -0.2) is 4.68 Å². The molecule has 0 spiro atoms. The Hall–Kier alpha value is -1.23. The Morgan fingerprint density at radius 1 is 1.73 bits per heavy atom. The van der Waals surface area contributed by atoms with Crippen molar-refractivity contribution in [3.63, 3.8) is 0 Å². The maximum Gasteiger partial charge on any atom is 0.187 e. The zero-order chi connectivity index (χ0) is 10.4. The van der Waals surface area contributed by atoms with Crippen LogP contribution in [0.3, 0.4) is 0 Å². The van der Waals surface area contributed by atoms with Crippen LogP contribution in [-0.4, -0.2) is 33.4 Å². The highest BCUT2D eigenvalue weighted by Gasteiger charge is 2.51. The van der Waals surface area contributed by atoms with Gasteiger partial charge in [0.05, 0.1) is 6.20 Å². The van der Waals surface area contributed by atoms with Gasteiger partial charge in [-0.1, -0.05) is 5.21 Å². The van der Waals surface area contributed by atoms with Crippen LogP contribution in [0.15, 0.2) is 6.20 Å². The second-order valence-electron chi connectivity index (χ2n) is 4.34. The van der Waals surface area contributed by atoms with E-state index in [9.17, 15) is 4.79 Å². The molecule has 80 valence electrons. The minimum absolute atomic E-state index is 0.175. The first-order chi connectivity index (χ1) is 7.31. The predicted molar refractivity (Wildman–Crippen MR) is 53.4 cm³/mol. The highest BCUT2D eigenvalue weighted by molar-refractivity contribution is 5.97. The van der Waals surface area contributed by atoms with Crippen molar-refractivity contribution in [1.82, 2.24) is 20.3 Å². The van der Waals surface area contributed by atoms with E-state index >= 15 is 0 Å². The zero-order valence-corrected chi connectivity index (χ0v) is 8.68. The fourth-order valence-corrected chi connectivity index (χ4v) is 2.73. The number of carbonyl (C=O) groups excluding carboxylic acids is 1. The molecule has 3 unspecified atom stereocenters. The maximum atomic E-state index is 12.2. The lowest BCUT2D eigenvalue weighted by molar-refractivity contribution is 0.0773. The summed E-state index contributed by atoms with van der Waals surface area (Å²) < 4.78 is 1.68. The highest BCUT2D eigenvalue weighted by Crippen LogP contribution is 2.41. The minimum Gasteiger partial charge on any atom is -0.313 e. The zero-order valence-electron chi connectivity index (χ0n) is 8.68. The summed E-state index contributed by atoms with van der Waals surface area (Å²) in [5.41, 5.74) is 0.668. The monoisotopic (exact) mass is 206 g/mol. The molecule has 2 saturated heterocycles. The first-order valence-corrected chi connectivity index (χ1v) is 5.47. The van der Waals surface area contributed by atoms with Crippen LogP contribution in [0.25, 0.3) is 0 Å². The molecule has 3 aliphatic rings. The molecule has 1 saturated carbocycles. The second-order valence-corrected chi connectivity index (χ2v) is 4.34. The molecule has 2 aliphatic heterocycles. The van der Waals surface area contributed by atoms with Crippen molar-refractivity contribution in [1.29, 1.82) is 0 Å². The number of carbonyl (C=O) groups is 1. The number of hydrogen-bond acceptors (Lipinski definition) is 4. The molecule has 1 aliphatic carbocycles. The molecular formula is C10H14N4O. The molecule has 1 aromatic rings. The quantitative estimate of drug-likeness (QED) is 0.712. The summed E-state index contributed by atoms with van der Waals surface area (Å²) in [7, 11) is 0. The molecule has 15 heavy (non-hydrogen) atoms. The van der Waals surface area contributed by atoms with Crippen LogP contribution in [0.4, 0.5) is 0 Å². The van der Waals surface area contributed by atoms with E-state index in [4.69, 9.17) is 0 Å². The Morgan fingerprint density at radius 3 is 3.20 bits per heavy atom. The molecule has 0 aromatic carbocycles. The molecule has 0 radical (unpaired) electrons. The molecule has 0 amide bonds. The number of nitrogens with one attached hydrogen (secondary N) is 1. The third kappa shape index (κ3) is 1.16. The van der Waals surface area contributed by atoms with Crippen LogP contribution in [0.2, 0.25) is 0 Å². The third-order valence-electron chi connectivity index (χ3n) is 3.61. The first-order valence-electron chi connectivity index (χ1n) is 5.47. The molecule has 4 rings (SSSR count). The van der Waals surface area contributed by atoms with Crippen molar-refractivity contribution in [2.45, 2.75) is 25.9 Å². The number of fused-ring (bicyclic) bond motifs is 1. The van der Waals surface area contributed by atoms with Crippen molar-refractivity contribution >= 4 is 5.78 Å². The van der Waals surface area contributed by atoms with E-state index in [0.717, 1.165) is 13.0 Å². The smallest absolute Gasteiger partial charge is 0.187 e. The van der Waals surface area contributed by atoms with Gasteiger partial charge in [-0.2, -0.15) is 0 Å². The lowest BCUT2D eigenvalue weighted by Gasteiger charge is -2.32. The van der Waals surface area contributed by atoms with Gasteiger partial charge in [0.2, 0.25) is 0 Å². The van der Waals surface area contributed by atoms with Crippen LogP contribution >= 0.6 is 0 Å². The summed E-state index contributed by atoms with van der Waals surface area (Å²) in [6.07, 6.45) is 2.74. The Kier molecular flexibility index (Phi) is 1.88. The summed E-state index contributed by atoms with van der Waals surface area (Å²) in [6.45, 7) is 3.67. The molecule has 5 nitrogen and oxygen atoms in total. The van der Waals surface area contributed by atoms with Gasteiger partial charge >= 0.3 is 0 Å². The number of aromatic nitrogens is 3. The van der Waals surface area contributed by atoms with Crippen LogP contribution in [0, 0.1) is 11.8 Å². The number of rotatable bonds is 3. The van der Waals surface area contributed by atoms with Gasteiger partial charge in [0.25, 0.3) is 0 Å². The molecule has 1 N–H and O–H groups in total. The summed E-state index contributed by atoms with van der Waals surface area (Å²) in [6, 6.07) is 0.405. The van der Waals surface area contributed by atoms with Crippen LogP contribution < -0.4 is 5.32 Å². The Bertz CT molecular complexity index is 386. The van der Waals surface area contributed by atoms with Gasteiger partial charge in [-0.05, 0) is 25.8 Å². The fourth-order valence-electron chi connectivity index (χ4n) is 2.73. The first kappa shape index (κ1) is 9.03. The van der Waals surface area contributed by atoms with Gasteiger partial charge in [0.15, 0.2) is 5.78 Å². The normalized spacial score (nSPS) is 32.7. The van der Waals surface area contributed by atoms with E-state index in [1.807, 2.05) is 6.92 Å². The number of aryl methyl sites for hydroxylation is 1. The predicted octanol–water partition coefficient (Wildman–Crippen LogP) is 0.0886. The Balaban J connectivity index is 1.86. The van der Waals surface area contributed by atoms with Crippen molar-refractivity contribution in [2.24, 2.45) is 11.8 Å². The molecular weight excluding hydrogens is 192 g/mol. The topological polar surface area (TPSA) is 59.8 Å².